The van der Waals surface area contributed by atoms with E-state index in [1.807, 2.05) is 30.3 Å². The first-order valence-corrected chi connectivity index (χ1v) is 16.7. The van der Waals surface area contributed by atoms with E-state index in [0.29, 0.717) is 0 Å². The van der Waals surface area contributed by atoms with E-state index in [2.05, 4.69) is 19.7 Å². The van der Waals surface area contributed by atoms with Gasteiger partial charge in [0.05, 0.1) is 6.33 Å². The number of aromatic nitrogens is 4. The molecule has 254 valence electrons. The Morgan fingerprint density at radius 2 is 1.88 bits per heavy atom. The number of aliphatic hydroxyl groups is 1. The zero-order valence-electron chi connectivity index (χ0n) is 26.3. The Bertz CT molecular complexity index is 1770. The van der Waals surface area contributed by atoms with Crippen molar-refractivity contribution in [3.05, 3.63) is 66.5 Å². The number of carbonyl (C=O) groups excluding carboxylic acids is 1. The molecule has 1 aliphatic carbocycles. The van der Waals surface area contributed by atoms with E-state index < -0.39 is 44.3 Å². The Morgan fingerprint density at radius 1 is 1.17 bits per heavy atom. The molecule has 4 aromatic rings. The van der Waals surface area contributed by atoms with Gasteiger partial charge in [0.15, 0.2) is 34.9 Å². The van der Waals surface area contributed by atoms with Gasteiger partial charge in [-0.2, -0.15) is 9.97 Å². The van der Waals surface area contributed by atoms with Crippen LogP contribution in [-0.4, -0.2) is 67.2 Å². The molecule has 0 amide bonds. The van der Waals surface area contributed by atoms with Crippen molar-refractivity contribution in [1.29, 1.82) is 0 Å². The second kappa shape index (κ2) is 14.4. The highest BCUT2D eigenvalue weighted by molar-refractivity contribution is 7.34. The van der Waals surface area contributed by atoms with Crippen molar-refractivity contribution in [3.63, 3.8) is 0 Å². The van der Waals surface area contributed by atoms with E-state index in [0.717, 1.165) is 31.2 Å². The minimum Gasteiger partial charge on any atom is -0.575 e. The van der Waals surface area contributed by atoms with Crippen LogP contribution in [0.2, 0.25) is 0 Å². The maximum Gasteiger partial charge on any atom is 0.395 e. The number of hydrogen-bond acceptors (Lipinski definition) is 13. The van der Waals surface area contributed by atoms with Gasteiger partial charge in [-0.15, -0.1) is 0 Å². The predicted octanol–water partition coefficient (Wildman–Crippen LogP) is 4.16. The normalized spacial score (nSPS) is 23.7. The lowest BCUT2D eigenvalue weighted by molar-refractivity contribution is -0.170. The molecule has 2 aromatic heterocycles. The molecule has 2 fully saturated rings. The summed E-state index contributed by atoms with van der Waals surface area (Å²) in [5.41, 5.74) is 4.94. The number of benzene rings is 2. The van der Waals surface area contributed by atoms with E-state index in [9.17, 15) is 14.8 Å². The van der Waals surface area contributed by atoms with Crippen molar-refractivity contribution in [2.24, 2.45) is 4.74 Å². The van der Waals surface area contributed by atoms with Crippen LogP contribution in [-0.2, 0) is 20.9 Å². The molecule has 1 saturated carbocycles. The Morgan fingerprint density at radius 3 is 2.62 bits per heavy atom. The number of esters is 1. The van der Waals surface area contributed by atoms with Gasteiger partial charge >= 0.3 is 14.1 Å². The van der Waals surface area contributed by atoms with Gasteiger partial charge in [0.1, 0.15) is 31.5 Å². The van der Waals surface area contributed by atoms with E-state index in [1.54, 1.807) is 18.2 Å². The topological polar surface area (TPSA) is 188 Å². The first-order valence-electron chi connectivity index (χ1n) is 15.6. The van der Waals surface area contributed by atoms with Crippen LogP contribution >= 0.6 is 8.17 Å². The molecule has 1 aliphatic heterocycles. The second-order valence-electron chi connectivity index (χ2n) is 11.8. The quantitative estimate of drug-likeness (QED) is 0.161. The number of alkyl halides is 1. The maximum absolute atomic E-state index is 16.2. The van der Waals surface area contributed by atoms with Crippen molar-refractivity contribution in [2.45, 2.75) is 82.4 Å². The van der Waals surface area contributed by atoms with Gasteiger partial charge in [0.2, 0.25) is 17.6 Å². The number of anilines is 1. The molecule has 0 spiro atoms. The van der Waals surface area contributed by atoms with Crippen molar-refractivity contribution >= 4 is 31.2 Å². The predicted molar refractivity (Wildman–Crippen MR) is 170 cm³/mol. The van der Waals surface area contributed by atoms with Crippen LogP contribution in [0.4, 0.5) is 10.3 Å². The Hall–Kier alpha value is -4.43. The highest BCUT2D eigenvalue weighted by atomic mass is 31.1. The number of aliphatic hydroxyl groups excluding tert-OH is 1. The molecule has 1 saturated heterocycles. The summed E-state index contributed by atoms with van der Waals surface area (Å²) in [5.74, 6) is -0.355. The molecule has 16 heteroatoms. The first kappa shape index (κ1) is 33.5. The number of nitrogens with zero attached hydrogens (tertiary/aromatic N) is 5. The fourth-order valence-electron chi connectivity index (χ4n) is 5.64. The van der Waals surface area contributed by atoms with Crippen molar-refractivity contribution in [1.82, 2.24) is 19.5 Å². The second-order valence-corrected chi connectivity index (χ2v) is 12.7. The number of ether oxygens (including phenoxy) is 4. The molecule has 6 atom stereocenters. The molecule has 0 bridgehead atoms. The third-order valence-electron chi connectivity index (χ3n) is 8.22. The van der Waals surface area contributed by atoms with Gasteiger partial charge in [0.25, 0.3) is 0 Å². The molecule has 6 rings (SSSR count). The summed E-state index contributed by atoms with van der Waals surface area (Å²) in [6.45, 7) is 2.58. The minimum atomic E-state index is -2.67. The number of halogens is 1. The molecule has 0 radical (unpaired) electrons. The number of para-hydroxylation sites is 2. The van der Waals surface area contributed by atoms with Crippen LogP contribution in [0.25, 0.3) is 11.2 Å². The zero-order chi connectivity index (χ0) is 33.8. The molecular formula is C32H36FN6O8P. The molecule has 1 unspecified atom stereocenters. The Kier molecular flexibility index (Phi) is 10.0. The van der Waals surface area contributed by atoms with E-state index >= 15 is 4.39 Å². The van der Waals surface area contributed by atoms with Crippen LogP contribution in [0, 0.1) is 0 Å². The molecule has 3 N–H and O–H groups in total. The largest absolute Gasteiger partial charge is 0.575 e. The summed E-state index contributed by atoms with van der Waals surface area (Å²) in [6, 6.07) is 14.8. The molecule has 48 heavy (non-hydrogen) atoms. The molecule has 2 aliphatic rings. The number of carbonyl (C=O) groups is 1. The smallest absolute Gasteiger partial charge is 0.395 e. The molecule has 2 aromatic carbocycles. The van der Waals surface area contributed by atoms with Gasteiger partial charge in [0, 0.05) is 0 Å². The standard InChI is InChI=1S/C32H36FN6O8P/c1-19(29(41)45-21-12-6-7-13-21)38-48(42)47-23-15-9-8-14-22(23)43-17-24-26(40)32(2,33)30(46-24)39-18-35-25-27(39)36-31(34)37-28(25)44-16-20-10-4-3-5-11-20/h3-5,8-11,14-15,18-19,21,24,26,30,40H,6-7,12-13,16-17H2,1-2H3,(H2,34,36,37)/t19-,24+,26+,30+,32+/m0/s1. The SMILES string of the molecule is C[C@H](N=[P+]([O-])Oc1ccccc1OC[C@H]1O[C@@H](n2cnc3c(OCc4ccccc4)nc(N)nc32)[C@](C)(F)[C@@H]1O)C(=O)OC1CCCC1. The van der Waals surface area contributed by atoms with E-state index in [1.165, 1.54) is 30.8 Å². The fourth-order valence-corrected chi connectivity index (χ4v) is 6.38. The Balaban J connectivity index is 1.13. The minimum absolute atomic E-state index is 0.0709. The monoisotopic (exact) mass is 682 g/mol. The van der Waals surface area contributed by atoms with Crippen molar-refractivity contribution in [2.75, 3.05) is 12.3 Å². The summed E-state index contributed by atoms with van der Waals surface area (Å²) < 4.78 is 50.1. The number of nitrogen functional groups attached to an aromatic ring is 1. The average Bonchev–Trinajstić information content (AvgIpc) is 3.79. The summed E-state index contributed by atoms with van der Waals surface area (Å²) >= 11 is 0. The van der Waals surface area contributed by atoms with Crippen LogP contribution in [0.3, 0.4) is 0 Å². The molecular weight excluding hydrogens is 646 g/mol. The van der Waals surface area contributed by atoms with E-state index in [4.69, 9.17) is 29.2 Å². The maximum atomic E-state index is 16.2. The lowest BCUT2D eigenvalue weighted by atomic mass is 9.98. The van der Waals surface area contributed by atoms with Gasteiger partial charge in [-0.1, -0.05) is 47.2 Å². The van der Waals surface area contributed by atoms with Crippen LogP contribution in [0.5, 0.6) is 17.4 Å². The van der Waals surface area contributed by atoms with E-state index in [-0.39, 0.29) is 53.8 Å². The summed E-state index contributed by atoms with van der Waals surface area (Å²) in [6.07, 6.45) is 0.655. The van der Waals surface area contributed by atoms with Gasteiger partial charge < -0.3 is 34.7 Å². The lowest BCUT2D eigenvalue weighted by Crippen LogP contribution is -2.41. The third-order valence-corrected chi connectivity index (χ3v) is 9.10. The van der Waals surface area contributed by atoms with Crippen molar-refractivity contribution < 1.29 is 42.7 Å². The fraction of sp³-hybridized carbons (Fsp3) is 0.438. The average molecular weight is 683 g/mol. The molecule has 3 heterocycles. The lowest BCUT2D eigenvalue weighted by Gasteiger charge is -2.24. The van der Waals surface area contributed by atoms with Gasteiger partial charge in [-0.25, -0.2) is 14.2 Å². The van der Waals surface area contributed by atoms with Gasteiger partial charge in [-0.05, 0) is 57.2 Å². The summed E-state index contributed by atoms with van der Waals surface area (Å²) in [4.78, 5) is 37.8. The number of fused-ring (bicyclic) bond motifs is 1. The Labute approximate surface area is 276 Å². The number of hydrogen-bond donors (Lipinski definition) is 2. The highest BCUT2D eigenvalue weighted by Crippen LogP contribution is 2.43. The van der Waals surface area contributed by atoms with Gasteiger partial charge in [-0.3, -0.25) is 9.09 Å². The number of nitrogens with two attached hydrogens (primary N) is 1. The zero-order valence-corrected chi connectivity index (χ0v) is 27.2. The van der Waals surface area contributed by atoms with Crippen LogP contribution in [0.15, 0.2) is 65.7 Å². The summed E-state index contributed by atoms with van der Waals surface area (Å²) in [5, 5.41) is 11.0. The highest BCUT2D eigenvalue weighted by Gasteiger charge is 2.55. The summed E-state index contributed by atoms with van der Waals surface area (Å²) in [7, 11) is -2.67. The number of imidazole rings is 1. The van der Waals surface area contributed by atoms with Crippen LogP contribution < -0.4 is 24.6 Å². The van der Waals surface area contributed by atoms with Crippen molar-refractivity contribution in [3.8, 4) is 17.4 Å². The number of rotatable bonds is 12. The first-order chi connectivity index (χ1) is 23.1. The van der Waals surface area contributed by atoms with Crippen LogP contribution in [0.1, 0.15) is 51.3 Å². The third kappa shape index (κ3) is 7.34. The molecule has 14 nitrogen and oxygen atoms in total.